The summed E-state index contributed by atoms with van der Waals surface area (Å²) in [6.07, 6.45) is 3.86. The third-order valence-corrected chi connectivity index (χ3v) is 3.07. The molecule has 0 aliphatic rings. The first-order valence-corrected chi connectivity index (χ1v) is 5.79. The molecule has 0 aliphatic carbocycles. The maximum Gasteiger partial charge on any atom is 0.114 e. The minimum atomic E-state index is 0.779. The van der Waals surface area contributed by atoms with Gasteiger partial charge in [-0.15, -0.1) is 11.3 Å². The molecule has 0 atom stereocenters. The molecule has 0 saturated heterocycles. The summed E-state index contributed by atoms with van der Waals surface area (Å²) in [7, 11) is 0. The van der Waals surface area contributed by atoms with Crippen LogP contribution in [0.3, 0.4) is 0 Å². The fourth-order valence-corrected chi connectivity index (χ4v) is 2.25. The largest absolute Gasteiger partial charge is 0.265 e. The van der Waals surface area contributed by atoms with Crippen LogP contribution in [0.25, 0.3) is 0 Å². The minimum absolute atomic E-state index is 0.779. The van der Waals surface area contributed by atoms with E-state index in [-0.39, 0.29) is 0 Å². The van der Waals surface area contributed by atoms with Crippen molar-refractivity contribution in [1.29, 1.82) is 0 Å². The third-order valence-electron chi connectivity index (χ3n) is 1.57. The van der Waals surface area contributed by atoms with Crippen molar-refractivity contribution in [2.24, 2.45) is 0 Å². The van der Waals surface area contributed by atoms with E-state index in [4.69, 9.17) is 0 Å². The zero-order chi connectivity index (χ0) is 9.26. The van der Waals surface area contributed by atoms with E-state index in [0.29, 0.717) is 0 Å². The van der Waals surface area contributed by atoms with E-state index in [1.54, 1.807) is 11.3 Å². The lowest BCUT2D eigenvalue weighted by molar-refractivity contribution is 0.682. The van der Waals surface area contributed by atoms with Crippen molar-refractivity contribution in [3.8, 4) is 0 Å². The van der Waals surface area contributed by atoms with E-state index >= 15 is 0 Å². The highest BCUT2D eigenvalue weighted by molar-refractivity contribution is 14.1. The van der Waals surface area contributed by atoms with Gasteiger partial charge in [-0.05, 0) is 29.5 Å². The Morgan fingerprint density at radius 2 is 2.46 bits per heavy atom. The van der Waals surface area contributed by atoms with Gasteiger partial charge in [-0.1, -0.05) is 0 Å². The van der Waals surface area contributed by atoms with Crippen LogP contribution in [-0.2, 0) is 6.54 Å². The van der Waals surface area contributed by atoms with E-state index in [1.165, 1.54) is 0 Å². The van der Waals surface area contributed by atoms with Crippen molar-refractivity contribution in [1.82, 2.24) is 14.8 Å². The molecule has 5 heteroatoms. The maximum atomic E-state index is 4.37. The topological polar surface area (TPSA) is 30.7 Å². The maximum absolute atomic E-state index is 4.37. The second-order valence-corrected chi connectivity index (χ2v) is 4.93. The van der Waals surface area contributed by atoms with Gasteiger partial charge in [0.05, 0.1) is 16.3 Å². The smallest absolute Gasteiger partial charge is 0.114 e. The van der Waals surface area contributed by atoms with Gasteiger partial charge in [0.2, 0.25) is 0 Å². The summed E-state index contributed by atoms with van der Waals surface area (Å²) in [4.78, 5) is 4.37. The molecule has 0 bridgehead atoms. The number of nitrogens with zero attached hydrogens (tertiary/aromatic N) is 3. The molecule has 13 heavy (non-hydrogen) atoms. The Labute approximate surface area is 93.9 Å². The average Bonchev–Trinajstić information content (AvgIpc) is 2.62. The molecule has 0 radical (unpaired) electrons. The van der Waals surface area contributed by atoms with E-state index in [1.807, 2.05) is 24.0 Å². The Morgan fingerprint density at radius 1 is 1.62 bits per heavy atom. The summed E-state index contributed by atoms with van der Waals surface area (Å²) in [6.45, 7) is 2.79. The van der Waals surface area contributed by atoms with Gasteiger partial charge in [0.1, 0.15) is 5.01 Å². The first-order chi connectivity index (χ1) is 6.24. The van der Waals surface area contributed by atoms with Gasteiger partial charge >= 0.3 is 0 Å². The molecule has 0 amide bonds. The Morgan fingerprint density at radius 3 is 3.00 bits per heavy atom. The fourth-order valence-electron chi connectivity index (χ4n) is 1.04. The van der Waals surface area contributed by atoms with E-state index in [2.05, 4.69) is 38.1 Å². The molecule has 0 fully saturated rings. The Balaban J connectivity index is 2.14. The number of hydrogen-bond donors (Lipinski definition) is 0. The van der Waals surface area contributed by atoms with Crippen molar-refractivity contribution in [3.05, 3.63) is 32.0 Å². The van der Waals surface area contributed by atoms with Crippen LogP contribution in [0.1, 0.15) is 10.7 Å². The number of halogens is 1. The van der Waals surface area contributed by atoms with Crippen LogP contribution >= 0.6 is 33.9 Å². The lowest BCUT2D eigenvalue weighted by atomic mass is 10.6. The Hall–Kier alpha value is -0.430. The molecule has 2 rings (SSSR count). The molecule has 0 spiro atoms. The lowest BCUT2D eigenvalue weighted by Crippen LogP contribution is -1.99. The number of aromatic nitrogens is 3. The second-order valence-electron chi connectivity index (χ2n) is 2.74. The fraction of sp³-hybridized carbons (Fsp3) is 0.250. The highest BCUT2D eigenvalue weighted by Crippen LogP contribution is 2.10. The lowest BCUT2D eigenvalue weighted by Gasteiger charge is -1.95. The summed E-state index contributed by atoms with van der Waals surface area (Å²) in [5, 5.41) is 7.36. The number of rotatable bonds is 2. The molecule has 2 aromatic rings. The zero-order valence-electron chi connectivity index (χ0n) is 7.07. The molecule has 0 aliphatic heterocycles. The Kier molecular flexibility index (Phi) is 2.63. The van der Waals surface area contributed by atoms with E-state index < -0.39 is 0 Å². The van der Waals surface area contributed by atoms with Crippen LogP contribution in [0, 0.1) is 10.5 Å². The highest BCUT2D eigenvalue weighted by Gasteiger charge is 2.00. The summed E-state index contributed by atoms with van der Waals surface area (Å²) in [6, 6.07) is 0. The first-order valence-electron chi connectivity index (χ1n) is 3.83. The van der Waals surface area contributed by atoms with Crippen LogP contribution in [0.2, 0.25) is 0 Å². The predicted molar refractivity (Wildman–Crippen MR) is 60.9 cm³/mol. The summed E-state index contributed by atoms with van der Waals surface area (Å²) >= 11 is 3.93. The van der Waals surface area contributed by atoms with Crippen molar-refractivity contribution in [2.75, 3.05) is 0 Å². The van der Waals surface area contributed by atoms with Crippen molar-refractivity contribution in [2.45, 2.75) is 13.5 Å². The molecule has 0 saturated carbocycles. The molecule has 2 aromatic heterocycles. The third kappa shape index (κ3) is 2.28. The van der Waals surface area contributed by atoms with Crippen LogP contribution in [0.5, 0.6) is 0 Å². The highest BCUT2D eigenvalue weighted by atomic mass is 127. The molecule has 0 unspecified atom stereocenters. The van der Waals surface area contributed by atoms with Crippen LogP contribution < -0.4 is 0 Å². The molecule has 68 valence electrons. The standard InChI is InChI=1S/C8H8IN3S/c1-6-5-13-8(11-6)4-12-3-7(9)2-10-12/h2-3,5H,4H2,1H3. The summed E-state index contributed by atoms with van der Waals surface area (Å²) in [5.41, 5.74) is 1.09. The molecular formula is C8H8IN3S. The normalized spacial score (nSPS) is 10.6. The van der Waals surface area contributed by atoms with Crippen LogP contribution in [-0.4, -0.2) is 14.8 Å². The average molecular weight is 305 g/mol. The van der Waals surface area contributed by atoms with Crippen molar-refractivity contribution in [3.63, 3.8) is 0 Å². The summed E-state index contributed by atoms with van der Waals surface area (Å²) < 4.78 is 3.06. The summed E-state index contributed by atoms with van der Waals surface area (Å²) in [5.74, 6) is 0. The predicted octanol–water partition coefficient (Wildman–Crippen LogP) is 2.30. The molecule has 2 heterocycles. The van der Waals surface area contributed by atoms with E-state index in [9.17, 15) is 0 Å². The molecule has 0 N–H and O–H groups in total. The molecular weight excluding hydrogens is 297 g/mol. The van der Waals surface area contributed by atoms with Crippen LogP contribution in [0.4, 0.5) is 0 Å². The number of aryl methyl sites for hydroxylation is 1. The van der Waals surface area contributed by atoms with Crippen molar-refractivity contribution >= 4 is 33.9 Å². The van der Waals surface area contributed by atoms with Gasteiger partial charge < -0.3 is 0 Å². The number of thiazole rings is 1. The zero-order valence-corrected chi connectivity index (χ0v) is 10.0. The van der Waals surface area contributed by atoms with Gasteiger partial charge in [0.25, 0.3) is 0 Å². The van der Waals surface area contributed by atoms with Gasteiger partial charge in [0, 0.05) is 17.3 Å². The van der Waals surface area contributed by atoms with Gasteiger partial charge in [-0.2, -0.15) is 5.10 Å². The van der Waals surface area contributed by atoms with E-state index in [0.717, 1.165) is 20.8 Å². The number of hydrogen-bond acceptors (Lipinski definition) is 3. The molecule has 0 aromatic carbocycles. The monoisotopic (exact) mass is 305 g/mol. The quantitative estimate of drug-likeness (QED) is 0.797. The molecule has 3 nitrogen and oxygen atoms in total. The van der Waals surface area contributed by atoms with Crippen LogP contribution in [0.15, 0.2) is 17.8 Å². The van der Waals surface area contributed by atoms with Gasteiger partial charge in [-0.25, -0.2) is 4.98 Å². The SMILES string of the molecule is Cc1csc(Cn2cc(I)cn2)n1. The second kappa shape index (κ2) is 3.75. The first kappa shape index (κ1) is 9.14. The van der Waals surface area contributed by atoms with Gasteiger partial charge in [0.15, 0.2) is 0 Å². The van der Waals surface area contributed by atoms with Gasteiger partial charge in [-0.3, -0.25) is 4.68 Å². The van der Waals surface area contributed by atoms with Crippen molar-refractivity contribution < 1.29 is 0 Å². The Bertz CT molecular complexity index is 369. The minimum Gasteiger partial charge on any atom is -0.265 e.